The Hall–Kier alpha value is -1.75. The Kier molecular flexibility index (Phi) is 3.43. The molecule has 0 aromatic heterocycles. The number of ether oxygens (including phenoxy) is 1. The topological polar surface area (TPSA) is 53.9 Å². The summed E-state index contributed by atoms with van der Waals surface area (Å²) in [5.41, 5.74) is 2.15. The minimum atomic E-state index is 0. The molecule has 0 spiro atoms. The smallest absolute Gasteiger partial charge is 0.251 e. The molecule has 0 unspecified atom stereocenters. The van der Waals surface area contributed by atoms with E-state index in [1.165, 1.54) is 0 Å². The molecule has 1 N–H and O–H groups in total. The van der Waals surface area contributed by atoms with Gasteiger partial charge in [-0.2, -0.15) is 0 Å². The van der Waals surface area contributed by atoms with Crippen LogP contribution in [0.1, 0.15) is 5.56 Å². The van der Waals surface area contributed by atoms with Crippen molar-refractivity contribution in [3.63, 3.8) is 0 Å². The van der Waals surface area contributed by atoms with Crippen molar-refractivity contribution >= 4 is 30.0 Å². The molecule has 0 atom stereocenters. The molecule has 96 valence electrons. The number of carbonyl (C=O) groups excluding carboxylic acids is 1. The maximum atomic E-state index is 11.6. The van der Waals surface area contributed by atoms with Gasteiger partial charge in [0.2, 0.25) is 5.96 Å². The second-order valence-electron chi connectivity index (χ2n) is 4.08. The van der Waals surface area contributed by atoms with E-state index < -0.39 is 0 Å². The maximum absolute atomic E-state index is 11.6. The van der Waals surface area contributed by atoms with E-state index in [-0.39, 0.29) is 24.9 Å². The lowest BCUT2D eigenvalue weighted by Gasteiger charge is -2.14. The highest BCUT2D eigenvalue weighted by Crippen LogP contribution is 2.26. The second kappa shape index (κ2) is 4.86. The zero-order chi connectivity index (χ0) is 11.8. The maximum Gasteiger partial charge on any atom is 0.251 e. The molecular formula is C12H14ClN3O2. The van der Waals surface area contributed by atoms with E-state index in [2.05, 4.69) is 10.3 Å². The number of guanidine groups is 1. The molecule has 2 aliphatic heterocycles. The summed E-state index contributed by atoms with van der Waals surface area (Å²) in [7, 11) is 1.65. The minimum Gasteiger partial charge on any atom is -0.497 e. The van der Waals surface area contributed by atoms with E-state index in [1.807, 2.05) is 18.2 Å². The lowest BCUT2D eigenvalue weighted by molar-refractivity contribution is -0.124. The van der Waals surface area contributed by atoms with E-state index in [4.69, 9.17) is 4.74 Å². The molecule has 5 nitrogen and oxygen atoms in total. The summed E-state index contributed by atoms with van der Waals surface area (Å²) < 4.78 is 5.20. The highest BCUT2D eigenvalue weighted by Gasteiger charge is 2.28. The number of nitrogens with one attached hydrogen (secondary N) is 1. The van der Waals surface area contributed by atoms with Crippen LogP contribution in [0.2, 0.25) is 0 Å². The molecule has 0 saturated carbocycles. The van der Waals surface area contributed by atoms with Crippen LogP contribution in [0.5, 0.6) is 5.75 Å². The number of methoxy groups -OCH3 is 1. The monoisotopic (exact) mass is 267 g/mol. The van der Waals surface area contributed by atoms with E-state index in [9.17, 15) is 4.79 Å². The SMILES string of the molecule is COc1ccc2c(c1)CCN1C(=O)CN=C1N2.Cl. The third kappa shape index (κ3) is 2.01. The number of carbonyl (C=O) groups is 1. The van der Waals surface area contributed by atoms with Crippen molar-refractivity contribution in [2.75, 3.05) is 25.5 Å². The molecular weight excluding hydrogens is 254 g/mol. The number of fused-ring (bicyclic) bond motifs is 2. The number of hydrogen-bond donors (Lipinski definition) is 1. The summed E-state index contributed by atoms with van der Waals surface area (Å²) in [6, 6.07) is 5.86. The highest BCUT2D eigenvalue weighted by atomic mass is 35.5. The molecule has 0 fully saturated rings. The number of rotatable bonds is 1. The number of benzene rings is 1. The van der Waals surface area contributed by atoms with Crippen molar-refractivity contribution in [2.24, 2.45) is 4.99 Å². The fraction of sp³-hybridized carbons (Fsp3) is 0.333. The molecule has 1 aromatic rings. The molecule has 0 saturated heterocycles. The summed E-state index contributed by atoms with van der Waals surface area (Å²) in [6.45, 7) is 0.929. The molecule has 18 heavy (non-hydrogen) atoms. The van der Waals surface area contributed by atoms with Crippen LogP contribution in [0, 0.1) is 0 Å². The van der Waals surface area contributed by atoms with Gasteiger partial charge in [0.15, 0.2) is 0 Å². The average molecular weight is 268 g/mol. The van der Waals surface area contributed by atoms with Crippen LogP contribution < -0.4 is 10.1 Å². The standard InChI is InChI=1S/C12H13N3O2.ClH/c1-17-9-2-3-10-8(6-9)4-5-15-11(16)7-13-12(15)14-10;/h2-3,6H,4-5,7H2,1H3,(H,13,14);1H. The third-order valence-corrected chi connectivity index (χ3v) is 3.08. The van der Waals surface area contributed by atoms with Gasteiger partial charge in [0.1, 0.15) is 12.3 Å². The average Bonchev–Trinajstić information content (AvgIpc) is 2.60. The Bertz CT molecular complexity index is 516. The van der Waals surface area contributed by atoms with Crippen LogP contribution in [0.25, 0.3) is 0 Å². The first kappa shape index (κ1) is 12.7. The largest absolute Gasteiger partial charge is 0.497 e. The number of amides is 1. The molecule has 2 aliphatic rings. The van der Waals surface area contributed by atoms with Crippen LogP contribution >= 0.6 is 12.4 Å². The van der Waals surface area contributed by atoms with E-state index in [1.54, 1.807) is 12.0 Å². The first-order chi connectivity index (χ1) is 8.28. The first-order valence-electron chi connectivity index (χ1n) is 5.56. The van der Waals surface area contributed by atoms with Crippen molar-refractivity contribution in [1.29, 1.82) is 0 Å². The Morgan fingerprint density at radius 2 is 2.28 bits per heavy atom. The van der Waals surface area contributed by atoms with Crippen LogP contribution in [0.3, 0.4) is 0 Å². The van der Waals surface area contributed by atoms with Crippen LogP contribution in [-0.2, 0) is 11.2 Å². The Labute approximate surface area is 111 Å². The van der Waals surface area contributed by atoms with Gasteiger partial charge < -0.3 is 10.1 Å². The summed E-state index contributed by atoms with van der Waals surface area (Å²) in [4.78, 5) is 17.5. The van der Waals surface area contributed by atoms with Gasteiger partial charge in [-0.3, -0.25) is 9.69 Å². The Morgan fingerprint density at radius 1 is 1.44 bits per heavy atom. The van der Waals surface area contributed by atoms with Gasteiger partial charge in [0, 0.05) is 12.2 Å². The number of anilines is 1. The Morgan fingerprint density at radius 3 is 3.06 bits per heavy atom. The van der Waals surface area contributed by atoms with Crippen molar-refractivity contribution in [3.05, 3.63) is 23.8 Å². The van der Waals surface area contributed by atoms with Gasteiger partial charge >= 0.3 is 0 Å². The zero-order valence-electron chi connectivity index (χ0n) is 9.97. The van der Waals surface area contributed by atoms with Crippen molar-refractivity contribution < 1.29 is 9.53 Å². The predicted molar refractivity (Wildman–Crippen MR) is 71.6 cm³/mol. The summed E-state index contributed by atoms with van der Waals surface area (Å²) in [5, 5.41) is 3.20. The molecule has 3 rings (SSSR count). The van der Waals surface area contributed by atoms with Crippen molar-refractivity contribution in [1.82, 2.24) is 4.90 Å². The van der Waals surface area contributed by atoms with Gasteiger partial charge in [-0.25, -0.2) is 4.99 Å². The van der Waals surface area contributed by atoms with E-state index >= 15 is 0 Å². The molecule has 6 heteroatoms. The van der Waals surface area contributed by atoms with Crippen LogP contribution in [0.4, 0.5) is 5.69 Å². The fourth-order valence-electron chi connectivity index (χ4n) is 2.15. The number of nitrogens with zero attached hydrogens (tertiary/aromatic N) is 2. The minimum absolute atomic E-state index is 0. The van der Waals surface area contributed by atoms with Crippen molar-refractivity contribution in [3.8, 4) is 5.75 Å². The van der Waals surface area contributed by atoms with Gasteiger partial charge in [-0.15, -0.1) is 12.4 Å². The Balaban J connectivity index is 0.00000120. The molecule has 0 bridgehead atoms. The van der Waals surface area contributed by atoms with E-state index in [0.717, 1.165) is 23.4 Å². The van der Waals surface area contributed by atoms with Crippen molar-refractivity contribution in [2.45, 2.75) is 6.42 Å². The predicted octanol–water partition coefficient (Wildman–Crippen LogP) is 1.28. The van der Waals surface area contributed by atoms with Gasteiger partial charge in [-0.1, -0.05) is 0 Å². The number of hydrogen-bond acceptors (Lipinski definition) is 4. The number of aliphatic imine (C=N–C) groups is 1. The highest BCUT2D eigenvalue weighted by molar-refractivity contribution is 6.09. The lowest BCUT2D eigenvalue weighted by atomic mass is 10.1. The summed E-state index contributed by atoms with van der Waals surface area (Å²) in [5.74, 6) is 1.56. The van der Waals surface area contributed by atoms with Crippen LogP contribution in [0.15, 0.2) is 23.2 Å². The quantitative estimate of drug-likeness (QED) is 0.834. The van der Waals surface area contributed by atoms with Gasteiger partial charge in [-0.05, 0) is 30.2 Å². The summed E-state index contributed by atoms with van der Waals surface area (Å²) in [6.07, 6.45) is 0.810. The van der Waals surface area contributed by atoms with Gasteiger partial charge in [0.05, 0.1) is 7.11 Å². The molecule has 1 aromatic carbocycles. The first-order valence-corrected chi connectivity index (χ1v) is 5.56. The van der Waals surface area contributed by atoms with E-state index in [0.29, 0.717) is 12.5 Å². The summed E-state index contributed by atoms with van der Waals surface area (Å²) >= 11 is 0. The second-order valence-corrected chi connectivity index (χ2v) is 4.08. The third-order valence-electron chi connectivity index (χ3n) is 3.08. The van der Waals surface area contributed by atoms with Crippen LogP contribution in [-0.4, -0.2) is 37.0 Å². The lowest BCUT2D eigenvalue weighted by Crippen LogP contribution is -2.36. The molecule has 2 heterocycles. The molecule has 0 radical (unpaired) electrons. The van der Waals surface area contributed by atoms with Gasteiger partial charge in [0.25, 0.3) is 5.91 Å². The fourth-order valence-corrected chi connectivity index (χ4v) is 2.15. The molecule has 0 aliphatic carbocycles. The molecule has 1 amide bonds. The zero-order valence-corrected chi connectivity index (χ0v) is 10.8. The number of halogens is 1. The normalized spacial score (nSPS) is 16.8.